The van der Waals surface area contributed by atoms with E-state index < -0.39 is 9.05 Å². The Hall–Kier alpha value is -0.590. The molecule has 0 N–H and O–H groups in total. The second-order valence-corrected chi connectivity index (χ2v) is 9.36. The van der Waals surface area contributed by atoms with Crippen molar-refractivity contribution in [2.75, 3.05) is 13.6 Å². The van der Waals surface area contributed by atoms with E-state index in [4.69, 9.17) is 10.7 Å². The molecule has 19 heavy (non-hydrogen) atoms. The molecular formula is C12H18ClNO3S2. The zero-order chi connectivity index (χ0) is 15.0. The Morgan fingerprint density at radius 3 is 2.32 bits per heavy atom. The van der Waals surface area contributed by atoms with E-state index in [1.165, 1.54) is 0 Å². The van der Waals surface area contributed by atoms with Gasteiger partial charge in [0.25, 0.3) is 15.0 Å². The third kappa shape index (κ3) is 4.19. The van der Waals surface area contributed by atoms with Gasteiger partial charge in [0.05, 0.1) is 5.56 Å². The molecule has 0 saturated heterocycles. The fourth-order valence-corrected chi connectivity index (χ4v) is 4.38. The van der Waals surface area contributed by atoms with E-state index in [-0.39, 0.29) is 15.5 Å². The Morgan fingerprint density at radius 1 is 1.42 bits per heavy atom. The Morgan fingerprint density at radius 2 is 1.95 bits per heavy atom. The summed E-state index contributed by atoms with van der Waals surface area (Å²) in [5, 5.41) is 1.55. The van der Waals surface area contributed by atoms with E-state index in [0.717, 1.165) is 11.3 Å². The van der Waals surface area contributed by atoms with Crippen LogP contribution in [-0.4, -0.2) is 32.8 Å². The first-order chi connectivity index (χ1) is 8.43. The molecule has 108 valence electrons. The van der Waals surface area contributed by atoms with Crippen LogP contribution >= 0.6 is 22.0 Å². The summed E-state index contributed by atoms with van der Waals surface area (Å²) < 4.78 is 22.7. The molecule has 0 atom stereocenters. The van der Waals surface area contributed by atoms with Gasteiger partial charge in [-0.25, -0.2) is 8.42 Å². The monoisotopic (exact) mass is 323 g/mol. The van der Waals surface area contributed by atoms with Crippen molar-refractivity contribution in [3.05, 3.63) is 16.5 Å². The first-order valence-corrected chi connectivity index (χ1v) is 8.90. The van der Waals surface area contributed by atoms with Gasteiger partial charge in [-0.3, -0.25) is 4.79 Å². The van der Waals surface area contributed by atoms with Crippen LogP contribution < -0.4 is 0 Å². The second kappa shape index (κ2) is 5.42. The molecule has 1 aromatic heterocycles. The summed E-state index contributed by atoms with van der Waals surface area (Å²) in [5.41, 5.74) is 0.803. The second-order valence-electron chi connectivity index (χ2n) is 5.72. The van der Waals surface area contributed by atoms with Crippen LogP contribution in [0.5, 0.6) is 0 Å². The number of carbonyl (C=O) groups is 1. The summed E-state index contributed by atoms with van der Waals surface area (Å²) in [4.78, 5) is 13.9. The van der Waals surface area contributed by atoms with Crippen LogP contribution in [0.25, 0.3) is 0 Å². The molecule has 0 bridgehead atoms. The molecule has 0 fully saturated rings. The molecule has 0 aliphatic heterocycles. The van der Waals surface area contributed by atoms with Gasteiger partial charge >= 0.3 is 0 Å². The van der Waals surface area contributed by atoms with E-state index in [2.05, 4.69) is 0 Å². The van der Waals surface area contributed by atoms with Crippen LogP contribution in [0.15, 0.2) is 9.59 Å². The first-order valence-electron chi connectivity index (χ1n) is 5.71. The van der Waals surface area contributed by atoms with Crippen molar-refractivity contribution in [3.8, 4) is 0 Å². The predicted molar refractivity (Wildman–Crippen MR) is 78.5 cm³/mol. The van der Waals surface area contributed by atoms with Crippen LogP contribution in [0.3, 0.4) is 0 Å². The quantitative estimate of drug-likeness (QED) is 0.803. The van der Waals surface area contributed by atoms with Crippen molar-refractivity contribution in [1.82, 2.24) is 4.90 Å². The molecule has 0 aromatic carbocycles. The SMILES string of the molecule is Cc1c(C(=O)N(C)CC(C)(C)C)csc1S(=O)(=O)Cl. The molecule has 1 rings (SSSR count). The van der Waals surface area contributed by atoms with Crippen LogP contribution in [-0.2, 0) is 9.05 Å². The number of hydrogen-bond donors (Lipinski definition) is 0. The van der Waals surface area contributed by atoms with Gasteiger partial charge in [-0.1, -0.05) is 20.8 Å². The normalized spacial score (nSPS) is 12.5. The highest BCUT2D eigenvalue weighted by Gasteiger charge is 2.25. The minimum Gasteiger partial charge on any atom is -0.341 e. The summed E-state index contributed by atoms with van der Waals surface area (Å²) >= 11 is 0.979. The van der Waals surface area contributed by atoms with Gasteiger partial charge in [-0.2, -0.15) is 0 Å². The van der Waals surface area contributed by atoms with Gasteiger partial charge in [0.15, 0.2) is 0 Å². The Kier molecular flexibility index (Phi) is 4.70. The maximum atomic E-state index is 12.3. The highest BCUT2D eigenvalue weighted by atomic mass is 35.7. The summed E-state index contributed by atoms with van der Waals surface area (Å²) in [6.07, 6.45) is 0. The third-order valence-electron chi connectivity index (χ3n) is 2.50. The lowest BCUT2D eigenvalue weighted by Gasteiger charge is -2.26. The number of halogens is 1. The number of carbonyl (C=O) groups excluding carboxylic acids is 1. The molecule has 7 heteroatoms. The lowest BCUT2D eigenvalue weighted by molar-refractivity contribution is 0.0745. The van der Waals surface area contributed by atoms with E-state index in [1.807, 2.05) is 20.8 Å². The van der Waals surface area contributed by atoms with Gasteiger partial charge < -0.3 is 4.90 Å². The molecule has 0 aliphatic rings. The van der Waals surface area contributed by atoms with Gasteiger partial charge in [-0.05, 0) is 17.9 Å². The third-order valence-corrected chi connectivity index (χ3v) is 5.81. The minimum absolute atomic E-state index is 0.0181. The predicted octanol–water partition coefficient (Wildman–Crippen LogP) is 3.10. The van der Waals surface area contributed by atoms with E-state index in [1.54, 1.807) is 24.3 Å². The zero-order valence-corrected chi connectivity index (χ0v) is 14.0. The Balaban J connectivity index is 3.06. The summed E-state index contributed by atoms with van der Waals surface area (Å²) in [7, 11) is 3.25. The Labute approximate surface area is 122 Å². The average Bonchev–Trinajstić information content (AvgIpc) is 2.55. The average molecular weight is 324 g/mol. The number of thiophene rings is 1. The minimum atomic E-state index is -3.79. The van der Waals surface area contributed by atoms with Crippen molar-refractivity contribution in [3.63, 3.8) is 0 Å². The number of rotatable bonds is 3. The summed E-state index contributed by atoms with van der Waals surface area (Å²) in [6.45, 7) is 8.29. The lowest BCUT2D eigenvalue weighted by Crippen LogP contribution is -2.34. The topological polar surface area (TPSA) is 54.5 Å². The van der Waals surface area contributed by atoms with Crippen LogP contribution in [0.1, 0.15) is 36.7 Å². The maximum absolute atomic E-state index is 12.3. The van der Waals surface area contributed by atoms with Crippen molar-refractivity contribution in [2.24, 2.45) is 5.41 Å². The van der Waals surface area contributed by atoms with E-state index in [0.29, 0.717) is 17.7 Å². The van der Waals surface area contributed by atoms with E-state index in [9.17, 15) is 13.2 Å². The highest BCUT2D eigenvalue weighted by Crippen LogP contribution is 2.30. The van der Waals surface area contributed by atoms with Crippen LogP contribution in [0.2, 0.25) is 0 Å². The summed E-state index contributed by atoms with van der Waals surface area (Å²) in [5.74, 6) is -0.185. The first kappa shape index (κ1) is 16.5. The van der Waals surface area contributed by atoms with Crippen molar-refractivity contribution >= 4 is 37.0 Å². The smallest absolute Gasteiger partial charge is 0.271 e. The molecule has 1 aromatic rings. The number of hydrogen-bond acceptors (Lipinski definition) is 4. The fourth-order valence-electron chi connectivity index (χ4n) is 1.84. The number of amides is 1. The van der Waals surface area contributed by atoms with Crippen LogP contribution in [0, 0.1) is 12.3 Å². The molecule has 1 amide bonds. The molecular weight excluding hydrogens is 306 g/mol. The van der Waals surface area contributed by atoms with Gasteiger partial charge in [0.1, 0.15) is 4.21 Å². The largest absolute Gasteiger partial charge is 0.341 e. The molecule has 0 radical (unpaired) electrons. The summed E-state index contributed by atoms with van der Waals surface area (Å²) in [6, 6.07) is 0. The molecule has 0 spiro atoms. The standard InChI is InChI=1S/C12H18ClNO3S2/c1-8-9(6-18-11(8)19(13,16)17)10(15)14(5)7-12(2,3)4/h6H,7H2,1-5H3. The molecule has 0 unspecified atom stereocenters. The van der Waals surface area contributed by atoms with Crippen molar-refractivity contribution in [1.29, 1.82) is 0 Å². The van der Waals surface area contributed by atoms with Crippen molar-refractivity contribution < 1.29 is 13.2 Å². The van der Waals surface area contributed by atoms with Crippen LogP contribution in [0.4, 0.5) is 0 Å². The van der Waals surface area contributed by atoms with E-state index >= 15 is 0 Å². The lowest BCUT2D eigenvalue weighted by atomic mass is 9.96. The molecule has 1 heterocycles. The highest BCUT2D eigenvalue weighted by molar-refractivity contribution is 8.15. The maximum Gasteiger partial charge on any atom is 0.271 e. The molecule has 0 saturated carbocycles. The molecule has 4 nitrogen and oxygen atoms in total. The zero-order valence-electron chi connectivity index (χ0n) is 11.7. The van der Waals surface area contributed by atoms with Gasteiger partial charge in [-0.15, -0.1) is 11.3 Å². The molecule has 0 aliphatic carbocycles. The Bertz CT molecular complexity index is 585. The van der Waals surface area contributed by atoms with Crippen molar-refractivity contribution in [2.45, 2.75) is 31.9 Å². The number of nitrogens with zero attached hydrogens (tertiary/aromatic N) is 1. The van der Waals surface area contributed by atoms with Gasteiger partial charge in [0.2, 0.25) is 0 Å². The van der Waals surface area contributed by atoms with Gasteiger partial charge in [0, 0.05) is 29.7 Å². The fraction of sp³-hybridized carbons (Fsp3) is 0.583.